The fourth-order valence-corrected chi connectivity index (χ4v) is 17.0. The van der Waals surface area contributed by atoms with Gasteiger partial charge in [-0.05, 0) is 0 Å². The zero-order chi connectivity index (χ0) is 32.2. The molecular formula is C43H56Cl2Zr. The minimum absolute atomic E-state index is 0. The van der Waals surface area contributed by atoms with E-state index >= 15 is 0 Å². The van der Waals surface area contributed by atoms with Gasteiger partial charge in [0.05, 0.1) is 0 Å². The molecule has 0 N–H and O–H groups in total. The fourth-order valence-electron chi connectivity index (χ4n) is 7.53. The maximum absolute atomic E-state index is 2.71. The van der Waals surface area contributed by atoms with Crippen molar-refractivity contribution in [2.75, 3.05) is 0 Å². The number of benzene rings is 3. The predicted octanol–water partition coefficient (Wildman–Crippen LogP) is 5.41. The molecule has 0 heterocycles. The van der Waals surface area contributed by atoms with Crippen LogP contribution in [0.25, 0.3) is 11.1 Å². The Labute approximate surface area is 301 Å². The van der Waals surface area contributed by atoms with E-state index in [0.717, 1.165) is 19.3 Å². The first-order valence-electron chi connectivity index (χ1n) is 17.2. The van der Waals surface area contributed by atoms with Crippen molar-refractivity contribution in [3.8, 4) is 11.1 Å². The molecule has 3 aromatic carbocycles. The van der Waals surface area contributed by atoms with Crippen molar-refractivity contribution in [1.82, 2.24) is 0 Å². The summed E-state index contributed by atoms with van der Waals surface area (Å²) < 4.78 is 5.37. The fraction of sp³-hybridized carbons (Fsp3) is 0.465. The molecule has 2 aliphatic rings. The number of halogens is 2. The van der Waals surface area contributed by atoms with E-state index in [4.69, 9.17) is 0 Å². The van der Waals surface area contributed by atoms with E-state index in [9.17, 15) is 0 Å². The van der Waals surface area contributed by atoms with Crippen molar-refractivity contribution >= 4 is 6.48 Å². The molecule has 246 valence electrons. The van der Waals surface area contributed by atoms with E-state index in [1.165, 1.54) is 39.8 Å². The van der Waals surface area contributed by atoms with E-state index in [0.29, 0.717) is 5.92 Å². The minimum atomic E-state index is -2.69. The molecule has 3 heteroatoms. The van der Waals surface area contributed by atoms with Crippen LogP contribution in [0.3, 0.4) is 0 Å². The van der Waals surface area contributed by atoms with Crippen molar-refractivity contribution in [3.63, 3.8) is 0 Å². The zero-order valence-electron chi connectivity index (χ0n) is 30.5. The van der Waals surface area contributed by atoms with Crippen LogP contribution in [0.1, 0.15) is 130 Å². The summed E-state index contributed by atoms with van der Waals surface area (Å²) in [5.74, 6) is 0.545. The Morgan fingerprint density at radius 1 is 0.717 bits per heavy atom. The molecule has 0 spiro atoms. The second-order valence-corrected chi connectivity index (χ2v) is 22.2. The topological polar surface area (TPSA) is 0 Å². The molecule has 0 aromatic heterocycles. The van der Waals surface area contributed by atoms with Crippen LogP contribution in [0, 0.1) is 11.3 Å². The quantitative estimate of drug-likeness (QED) is 0.249. The van der Waals surface area contributed by atoms with Crippen LogP contribution in [-0.2, 0) is 38.5 Å². The van der Waals surface area contributed by atoms with E-state index in [-0.39, 0.29) is 41.1 Å². The van der Waals surface area contributed by atoms with Crippen LogP contribution in [0.5, 0.6) is 0 Å². The van der Waals surface area contributed by atoms with E-state index in [1.807, 2.05) is 3.28 Å². The van der Waals surface area contributed by atoms with Gasteiger partial charge in [0.2, 0.25) is 0 Å². The number of hydrogen-bond acceptors (Lipinski definition) is 0. The summed E-state index contributed by atoms with van der Waals surface area (Å²) in [5.41, 5.74) is 14.2. The van der Waals surface area contributed by atoms with Gasteiger partial charge in [-0.1, -0.05) is 0 Å². The predicted molar refractivity (Wildman–Crippen MR) is 191 cm³/mol. The van der Waals surface area contributed by atoms with E-state index in [1.54, 1.807) is 23.2 Å². The third kappa shape index (κ3) is 7.38. The van der Waals surface area contributed by atoms with Crippen molar-refractivity contribution < 1.29 is 46.1 Å². The summed E-state index contributed by atoms with van der Waals surface area (Å²) >= 11 is -2.69. The SMILES string of the molecule is CCC1=[C](/[Zr+2](=[C](\CC)c2ccccc2)[c]2cc(C(C)(C)C)cc3c2Cc2ccc(C(C)(C)C)cc2-3)C(CC)C=C1C(C)(C)C.[Cl-].[Cl-]. The Kier molecular flexibility index (Phi) is 12.3. The molecule has 0 radical (unpaired) electrons. The summed E-state index contributed by atoms with van der Waals surface area (Å²) in [6, 6.07) is 24.2. The van der Waals surface area contributed by atoms with Gasteiger partial charge >= 0.3 is 279 Å². The molecular weight excluding hydrogens is 679 g/mol. The average Bonchev–Trinajstić information content (AvgIpc) is 3.53. The van der Waals surface area contributed by atoms with Gasteiger partial charge in [-0.15, -0.1) is 0 Å². The van der Waals surface area contributed by atoms with Crippen LogP contribution in [-0.4, -0.2) is 3.21 Å². The Hall–Kier alpha value is -1.53. The molecule has 0 aliphatic heterocycles. The van der Waals surface area contributed by atoms with Crippen molar-refractivity contribution in [2.45, 2.75) is 120 Å². The minimum Gasteiger partial charge on any atom is -1.00 e. The monoisotopic (exact) mass is 732 g/mol. The Morgan fingerprint density at radius 2 is 1.33 bits per heavy atom. The molecule has 1 unspecified atom stereocenters. The molecule has 0 nitrogen and oxygen atoms in total. The standard InChI is InChI=1S/C21H25.C13H21.C9H10.2ClH.Zr/c1-20(2,3)16-9-7-14-11-15-8-10-17(21(4,5)6)13-19(15)18(14)12-16;1-6-10-8-11(7-2)12(9-10)13(3,4)5;1-2-6-9-7-4-3-5-8-9;;;/h7,9-10,12-13H,11H2,1-6H3;9-10H,6-7H2,1-5H3;3-5,7-8H,2H2,1H3;2*1H;/q;;;;;+2/p-2. The van der Waals surface area contributed by atoms with Crippen LogP contribution >= 0.6 is 0 Å². The molecule has 0 saturated heterocycles. The smallest absolute Gasteiger partial charge is 1.00 e. The number of hydrogen-bond donors (Lipinski definition) is 0. The van der Waals surface area contributed by atoms with Crippen LogP contribution in [0.15, 0.2) is 81.2 Å². The van der Waals surface area contributed by atoms with Gasteiger partial charge < -0.3 is 24.8 Å². The van der Waals surface area contributed by atoms with Gasteiger partial charge in [-0.25, -0.2) is 0 Å². The Bertz CT molecular complexity index is 1660. The molecule has 0 amide bonds. The summed E-state index contributed by atoms with van der Waals surface area (Å²) in [4.78, 5) is 0. The Morgan fingerprint density at radius 3 is 1.85 bits per heavy atom. The van der Waals surface area contributed by atoms with Gasteiger partial charge in [0.25, 0.3) is 0 Å². The number of rotatable bonds is 6. The molecule has 1 atom stereocenters. The molecule has 46 heavy (non-hydrogen) atoms. The molecule has 3 aromatic rings. The largest absolute Gasteiger partial charge is 1.00 e. The molecule has 5 rings (SSSR count). The van der Waals surface area contributed by atoms with Crippen molar-refractivity contribution in [1.29, 1.82) is 0 Å². The second-order valence-electron chi connectivity index (χ2n) is 16.3. The summed E-state index contributed by atoms with van der Waals surface area (Å²) in [6.45, 7) is 28.8. The second kappa shape index (κ2) is 14.5. The molecule has 0 fully saturated rings. The Balaban J connectivity index is 0.00000288. The first-order valence-corrected chi connectivity index (χ1v) is 20.8. The third-order valence-electron chi connectivity index (χ3n) is 10.1. The van der Waals surface area contributed by atoms with Crippen LogP contribution in [0.4, 0.5) is 0 Å². The first-order chi connectivity index (χ1) is 20.6. The first kappa shape index (κ1) is 38.9. The van der Waals surface area contributed by atoms with Gasteiger partial charge in [0, 0.05) is 0 Å². The summed E-state index contributed by atoms with van der Waals surface area (Å²) in [6.07, 6.45) is 7.20. The van der Waals surface area contributed by atoms with Gasteiger partial charge in [-0.2, -0.15) is 0 Å². The van der Waals surface area contributed by atoms with Crippen molar-refractivity contribution in [3.05, 3.63) is 109 Å². The van der Waals surface area contributed by atoms with Crippen LogP contribution in [0.2, 0.25) is 0 Å². The molecule has 2 aliphatic carbocycles. The van der Waals surface area contributed by atoms with Gasteiger partial charge in [0.15, 0.2) is 0 Å². The van der Waals surface area contributed by atoms with Crippen LogP contribution < -0.4 is 28.1 Å². The molecule has 0 saturated carbocycles. The van der Waals surface area contributed by atoms with E-state index < -0.39 is 21.3 Å². The zero-order valence-corrected chi connectivity index (χ0v) is 34.5. The summed E-state index contributed by atoms with van der Waals surface area (Å²) in [7, 11) is 0. The average molecular weight is 735 g/mol. The normalized spacial score (nSPS) is 16.3. The van der Waals surface area contributed by atoms with Gasteiger partial charge in [0.1, 0.15) is 0 Å². The maximum atomic E-state index is 2.71. The maximum Gasteiger partial charge on any atom is -1.00 e. The number of allylic oxidation sites excluding steroid dienone is 4. The van der Waals surface area contributed by atoms with E-state index in [2.05, 4.69) is 150 Å². The third-order valence-corrected chi connectivity index (χ3v) is 18.5. The van der Waals surface area contributed by atoms with Crippen molar-refractivity contribution in [2.24, 2.45) is 11.3 Å². The van der Waals surface area contributed by atoms with Gasteiger partial charge in [-0.3, -0.25) is 0 Å². The summed E-state index contributed by atoms with van der Waals surface area (Å²) in [5, 5.41) is 0. The number of fused-ring (bicyclic) bond motifs is 3. The molecule has 0 bridgehead atoms.